The summed E-state index contributed by atoms with van der Waals surface area (Å²) < 4.78 is 0. The minimum atomic E-state index is 0.338. The van der Waals surface area contributed by atoms with Gasteiger partial charge < -0.3 is 10.2 Å². The predicted octanol–water partition coefficient (Wildman–Crippen LogP) is 2.99. The normalized spacial score (nSPS) is 15.6. The topological polar surface area (TPSA) is 15.3 Å². The average molecular weight is 228 g/mol. The summed E-state index contributed by atoms with van der Waals surface area (Å²) in [5.74, 6) is 0. The SMILES string of the molecule is CCNCC(C)(C)CN(C)C(C)C(C)(C)C. The van der Waals surface area contributed by atoms with Gasteiger partial charge in [-0.2, -0.15) is 0 Å². The maximum atomic E-state index is 3.44. The number of hydrogen-bond acceptors (Lipinski definition) is 2. The van der Waals surface area contributed by atoms with Crippen molar-refractivity contribution in [1.29, 1.82) is 0 Å². The van der Waals surface area contributed by atoms with Gasteiger partial charge in [-0.15, -0.1) is 0 Å². The largest absolute Gasteiger partial charge is 0.316 e. The molecule has 0 aromatic rings. The molecule has 0 radical (unpaired) electrons. The maximum Gasteiger partial charge on any atom is 0.0113 e. The standard InChI is InChI=1S/C14H32N2/c1-9-15-10-14(6,7)11-16(8)12(2)13(3,4)5/h12,15H,9-11H2,1-8H3. The lowest BCUT2D eigenvalue weighted by atomic mass is 9.85. The number of rotatable bonds is 6. The maximum absolute atomic E-state index is 3.44. The molecule has 2 nitrogen and oxygen atoms in total. The third kappa shape index (κ3) is 5.86. The molecule has 1 unspecified atom stereocenters. The van der Waals surface area contributed by atoms with E-state index in [2.05, 4.69) is 65.7 Å². The molecule has 1 N–H and O–H groups in total. The van der Waals surface area contributed by atoms with Gasteiger partial charge in [0.05, 0.1) is 0 Å². The van der Waals surface area contributed by atoms with Crippen molar-refractivity contribution in [3.63, 3.8) is 0 Å². The first-order valence-corrected chi connectivity index (χ1v) is 6.51. The smallest absolute Gasteiger partial charge is 0.0113 e. The lowest BCUT2D eigenvalue weighted by Gasteiger charge is -2.39. The van der Waals surface area contributed by atoms with Crippen molar-refractivity contribution in [1.82, 2.24) is 10.2 Å². The Morgan fingerprint density at radius 2 is 1.62 bits per heavy atom. The zero-order chi connectivity index (χ0) is 13.0. The minimum absolute atomic E-state index is 0.338. The molecule has 98 valence electrons. The van der Waals surface area contributed by atoms with Crippen molar-refractivity contribution in [3.8, 4) is 0 Å². The molecule has 2 heteroatoms. The van der Waals surface area contributed by atoms with E-state index in [-0.39, 0.29) is 0 Å². The summed E-state index contributed by atoms with van der Waals surface area (Å²) in [6, 6.07) is 0.605. The summed E-state index contributed by atoms with van der Waals surface area (Å²) in [4.78, 5) is 2.48. The van der Waals surface area contributed by atoms with Gasteiger partial charge in [0.1, 0.15) is 0 Å². The molecule has 0 aliphatic carbocycles. The lowest BCUT2D eigenvalue weighted by molar-refractivity contribution is 0.0978. The van der Waals surface area contributed by atoms with Crippen molar-refractivity contribution in [2.45, 2.75) is 54.5 Å². The van der Waals surface area contributed by atoms with Crippen molar-refractivity contribution in [2.24, 2.45) is 10.8 Å². The van der Waals surface area contributed by atoms with E-state index in [0.29, 0.717) is 16.9 Å². The van der Waals surface area contributed by atoms with E-state index in [0.717, 1.165) is 19.6 Å². The molecule has 1 atom stereocenters. The van der Waals surface area contributed by atoms with Crippen LogP contribution in [0.4, 0.5) is 0 Å². The van der Waals surface area contributed by atoms with Crippen LogP contribution in [0.15, 0.2) is 0 Å². The number of nitrogens with zero attached hydrogens (tertiary/aromatic N) is 1. The molecule has 0 aliphatic heterocycles. The molecule has 0 aliphatic rings. The first-order valence-electron chi connectivity index (χ1n) is 6.51. The summed E-state index contributed by atoms with van der Waals surface area (Å²) in [6.07, 6.45) is 0. The highest BCUT2D eigenvalue weighted by Gasteiger charge is 2.28. The molecule has 0 spiro atoms. The van der Waals surface area contributed by atoms with Gasteiger partial charge in [0, 0.05) is 19.1 Å². The monoisotopic (exact) mass is 228 g/mol. The Morgan fingerprint density at radius 1 is 1.12 bits per heavy atom. The van der Waals surface area contributed by atoms with E-state index in [1.165, 1.54) is 0 Å². The van der Waals surface area contributed by atoms with Gasteiger partial charge in [-0.1, -0.05) is 41.5 Å². The van der Waals surface area contributed by atoms with Crippen LogP contribution in [0.2, 0.25) is 0 Å². The molecular weight excluding hydrogens is 196 g/mol. The van der Waals surface area contributed by atoms with E-state index in [1.807, 2.05) is 0 Å². The van der Waals surface area contributed by atoms with Crippen molar-refractivity contribution in [2.75, 3.05) is 26.7 Å². The van der Waals surface area contributed by atoms with E-state index in [4.69, 9.17) is 0 Å². The number of nitrogens with one attached hydrogen (secondary N) is 1. The molecule has 0 bridgehead atoms. The molecule has 16 heavy (non-hydrogen) atoms. The quantitative estimate of drug-likeness (QED) is 0.752. The van der Waals surface area contributed by atoms with Crippen molar-refractivity contribution >= 4 is 0 Å². The van der Waals surface area contributed by atoms with Gasteiger partial charge in [0.2, 0.25) is 0 Å². The first kappa shape index (κ1) is 15.9. The number of hydrogen-bond donors (Lipinski definition) is 1. The van der Waals surface area contributed by atoms with Gasteiger partial charge in [-0.3, -0.25) is 0 Å². The van der Waals surface area contributed by atoms with Gasteiger partial charge in [-0.25, -0.2) is 0 Å². The van der Waals surface area contributed by atoms with E-state index in [9.17, 15) is 0 Å². The van der Waals surface area contributed by atoms with E-state index in [1.54, 1.807) is 0 Å². The van der Waals surface area contributed by atoms with Gasteiger partial charge in [0.25, 0.3) is 0 Å². The molecule has 0 fully saturated rings. The Bertz CT molecular complexity index is 191. The Labute approximate surface area is 103 Å². The van der Waals surface area contributed by atoms with Gasteiger partial charge in [0.15, 0.2) is 0 Å². The zero-order valence-electron chi connectivity index (χ0n) is 12.6. The summed E-state index contributed by atoms with van der Waals surface area (Å²) in [7, 11) is 2.24. The van der Waals surface area contributed by atoms with Crippen LogP contribution in [0.1, 0.15) is 48.5 Å². The highest BCUT2D eigenvalue weighted by Crippen LogP contribution is 2.25. The third-order valence-electron chi connectivity index (χ3n) is 3.45. The Kier molecular flexibility index (Phi) is 5.99. The first-order chi connectivity index (χ1) is 7.10. The predicted molar refractivity (Wildman–Crippen MR) is 73.9 cm³/mol. The second kappa shape index (κ2) is 6.02. The highest BCUT2D eigenvalue weighted by molar-refractivity contribution is 4.82. The lowest BCUT2D eigenvalue weighted by Crippen LogP contribution is -2.46. The molecule has 0 amide bonds. The van der Waals surface area contributed by atoms with Crippen LogP contribution in [-0.2, 0) is 0 Å². The van der Waals surface area contributed by atoms with Gasteiger partial charge >= 0.3 is 0 Å². The van der Waals surface area contributed by atoms with Crippen LogP contribution < -0.4 is 5.32 Å². The molecule has 0 saturated heterocycles. The van der Waals surface area contributed by atoms with Crippen LogP contribution in [0.25, 0.3) is 0 Å². The van der Waals surface area contributed by atoms with Crippen LogP contribution in [-0.4, -0.2) is 37.6 Å². The summed E-state index contributed by atoms with van der Waals surface area (Å²) in [5, 5.41) is 3.44. The van der Waals surface area contributed by atoms with Crippen LogP contribution >= 0.6 is 0 Å². The second-order valence-electron chi connectivity index (χ2n) is 6.90. The highest BCUT2D eigenvalue weighted by atomic mass is 15.1. The average Bonchev–Trinajstić information content (AvgIpc) is 2.11. The third-order valence-corrected chi connectivity index (χ3v) is 3.45. The fourth-order valence-electron chi connectivity index (χ4n) is 1.99. The minimum Gasteiger partial charge on any atom is -0.316 e. The van der Waals surface area contributed by atoms with Crippen molar-refractivity contribution in [3.05, 3.63) is 0 Å². The fraction of sp³-hybridized carbons (Fsp3) is 1.00. The molecular formula is C14H32N2. The Morgan fingerprint density at radius 3 is 2.00 bits per heavy atom. The molecule has 0 heterocycles. The zero-order valence-corrected chi connectivity index (χ0v) is 12.6. The Hall–Kier alpha value is -0.0800. The summed E-state index contributed by atoms with van der Waals surface area (Å²) >= 11 is 0. The molecule has 0 saturated carbocycles. The molecule has 0 aromatic carbocycles. The second-order valence-corrected chi connectivity index (χ2v) is 6.90. The van der Waals surface area contributed by atoms with E-state index < -0.39 is 0 Å². The van der Waals surface area contributed by atoms with Gasteiger partial charge in [-0.05, 0) is 31.3 Å². The summed E-state index contributed by atoms with van der Waals surface area (Å²) in [6.45, 7) is 19.4. The van der Waals surface area contributed by atoms with Crippen LogP contribution in [0.3, 0.4) is 0 Å². The summed E-state index contributed by atoms with van der Waals surface area (Å²) in [5.41, 5.74) is 0.688. The van der Waals surface area contributed by atoms with Crippen LogP contribution in [0, 0.1) is 10.8 Å². The van der Waals surface area contributed by atoms with Crippen LogP contribution in [0.5, 0.6) is 0 Å². The molecule has 0 rings (SSSR count). The fourth-order valence-corrected chi connectivity index (χ4v) is 1.99. The van der Waals surface area contributed by atoms with E-state index >= 15 is 0 Å². The Balaban J connectivity index is 4.26. The molecule has 0 aromatic heterocycles. The van der Waals surface area contributed by atoms with Crippen molar-refractivity contribution < 1.29 is 0 Å².